The van der Waals surface area contributed by atoms with Crippen LogP contribution in [0.4, 0.5) is 0 Å². The fourth-order valence-corrected chi connectivity index (χ4v) is 3.66. The lowest BCUT2D eigenvalue weighted by Crippen LogP contribution is -2.47. The maximum atomic E-state index is 12.9. The van der Waals surface area contributed by atoms with Crippen LogP contribution in [0.3, 0.4) is 0 Å². The summed E-state index contributed by atoms with van der Waals surface area (Å²) in [5.41, 5.74) is 0.607. The molecule has 28 heavy (non-hydrogen) atoms. The van der Waals surface area contributed by atoms with E-state index in [1.165, 1.54) is 11.8 Å². The average molecular weight is 399 g/mol. The highest BCUT2D eigenvalue weighted by atomic mass is 32.2. The molecule has 8 heteroatoms. The van der Waals surface area contributed by atoms with Gasteiger partial charge in [-0.1, -0.05) is 12.1 Å². The Morgan fingerprint density at radius 3 is 2.46 bits per heavy atom. The summed E-state index contributed by atoms with van der Waals surface area (Å²) in [6.07, 6.45) is 2.19. The summed E-state index contributed by atoms with van der Waals surface area (Å²) in [5, 5.41) is 0. The number of imide groups is 1. The molecule has 2 aromatic rings. The van der Waals surface area contributed by atoms with E-state index >= 15 is 0 Å². The number of benzene rings is 2. The molecule has 0 radical (unpaired) electrons. The number of carbonyl (C=O) groups excluding carboxylic acids is 3. The minimum absolute atomic E-state index is 0.109. The van der Waals surface area contributed by atoms with Crippen LogP contribution in [0.25, 0.3) is 0 Å². The predicted molar refractivity (Wildman–Crippen MR) is 102 cm³/mol. The summed E-state index contributed by atoms with van der Waals surface area (Å²) in [4.78, 5) is 39.5. The van der Waals surface area contributed by atoms with E-state index in [4.69, 9.17) is 14.2 Å². The van der Waals surface area contributed by atoms with Crippen molar-refractivity contribution in [1.82, 2.24) is 4.90 Å². The molecule has 0 saturated carbocycles. The molecule has 2 aromatic carbocycles. The summed E-state index contributed by atoms with van der Waals surface area (Å²) in [7, 11) is 0. The molecule has 4 rings (SSSR count). The molecule has 0 spiro atoms. The van der Waals surface area contributed by atoms with Gasteiger partial charge in [0.25, 0.3) is 11.8 Å². The Balaban J connectivity index is 1.59. The number of rotatable bonds is 6. The van der Waals surface area contributed by atoms with Crippen LogP contribution in [0.2, 0.25) is 0 Å². The van der Waals surface area contributed by atoms with E-state index in [0.717, 1.165) is 4.90 Å². The van der Waals surface area contributed by atoms with Crippen molar-refractivity contribution < 1.29 is 28.6 Å². The lowest BCUT2D eigenvalue weighted by Gasteiger charge is -2.24. The molecule has 2 heterocycles. The number of amides is 2. The van der Waals surface area contributed by atoms with E-state index in [1.54, 1.807) is 42.5 Å². The standard InChI is InChI=1S/C20H17NO6S/c1-28-9-8-15(21-18(22)13-4-2-3-5-14(13)19(21)23)20(24)27-12-6-7-16-17(10-12)26-11-25-16/h2-7,10,15H,8-9,11H2,1H3/t15-/m1/s1. The van der Waals surface area contributed by atoms with Gasteiger partial charge in [-0.3, -0.25) is 14.5 Å². The topological polar surface area (TPSA) is 82.1 Å². The smallest absolute Gasteiger partial charge is 0.334 e. The second kappa shape index (κ2) is 7.55. The molecule has 2 aliphatic rings. The SMILES string of the molecule is CSCC[C@H](C(=O)Oc1ccc2c(c1)OCO2)N1C(=O)c2ccccc2C1=O. The van der Waals surface area contributed by atoms with Crippen molar-refractivity contribution in [2.75, 3.05) is 18.8 Å². The van der Waals surface area contributed by atoms with Crippen LogP contribution in [0.15, 0.2) is 42.5 Å². The normalized spacial score (nSPS) is 15.5. The fourth-order valence-electron chi connectivity index (χ4n) is 3.20. The molecule has 2 aliphatic heterocycles. The van der Waals surface area contributed by atoms with Crippen molar-refractivity contribution in [2.45, 2.75) is 12.5 Å². The zero-order valence-corrected chi connectivity index (χ0v) is 15.9. The molecule has 0 saturated heterocycles. The van der Waals surface area contributed by atoms with E-state index in [2.05, 4.69) is 0 Å². The van der Waals surface area contributed by atoms with Crippen LogP contribution in [-0.2, 0) is 4.79 Å². The highest BCUT2D eigenvalue weighted by molar-refractivity contribution is 7.98. The molecule has 0 fully saturated rings. The van der Waals surface area contributed by atoms with Gasteiger partial charge in [0.1, 0.15) is 11.8 Å². The Hall–Kier alpha value is -3.00. The zero-order valence-electron chi connectivity index (χ0n) is 15.0. The molecule has 0 aromatic heterocycles. The Kier molecular flexibility index (Phi) is 4.95. The third kappa shape index (κ3) is 3.20. The monoisotopic (exact) mass is 399 g/mol. The first-order chi connectivity index (χ1) is 13.6. The molecule has 0 N–H and O–H groups in total. The second-order valence-corrected chi connectivity index (χ2v) is 7.24. The first kappa shape index (κ1) is 18.4. The molecule has 144 valence electrons. The van der Waals surface area contributed by atoms with Gasteiger partial charge in [0.2, 0.25) is 6.79 Å². The van der Waals surface area contributed by atoms with Crippen molar-refractivity contribution in [3.8, 4) is 17.2 Å². The predicted octanol–water partition coefficient (Wildman–Crippen LogP) is 2.74. The van der Waals surface area contributed by atoms with Crippen LogP contribution >= 0.6 is 11.8 Å². The zero-order chi connectivity index (χ0) is 19.7. The maximum Gasteiger partial charge on any atom is 0.334 e. The molecule has 2 amide bonds. The number of nitrogens with zero attached hydrogens (tertiary/aromatic N) is 1. The van der Waals surface area contributed by atoms with Gasteiger partial charge in [0, 0.05) is 6.07 Å². The van der Waals surface area contributed by atoms with Gasteiger partial charge in [-0.15, -0.1) is 0 Å². The number of hydrogen-bond donors (Lipinski definition) is 0. The minimum Gasteiger partial charge on any atom is -0.454 e. The van der Waals surface area contributed by atoms with Gasteiger partial charge >= 0.3 is 5.97 Å². The van der Waals surface area contributed by atoms with Gasteiger partial charge in [0.15, 0.2) is 11.5 Å². The van der Waals surface area contributed by atoms with Crippen LogP contribution in [0, 0.1) is 0 Å². The van der Waals surface area contributed by atoms with Crippen molar-refractivity contribution in [1.29, 1.82) is 0 Å². The Morgan fingerprint density at radius 2 is 1.79 bits per heavy atom. The minimum atomic E-state index is -1.01. The third-order valence-corrected chi connectivity index (χ3v) is 5.21. The number of fused-ring (bicyclic) bond motifs is 2. The maximum absolute atomic E-state index is 12.9. The quantitative estimate of drug-likeness (QED) is 0.420. The van der Waals surface area contributed by atoms with E-state index in [1.807, 2.05) is 6.26 Å². The highest BCUT2D eigenvalue weighted by Crippen LogP contribution is 2.35. The lowest BCUT2D eigenvalue weighted by atomic mass is 10.1. The number of hydrogen-bond acceptors (Lipinski definition) is 7. The first-order valence-corrected chi connectivity index (χ1v) is 10.1. The van der Waals surface area contributed by atoms with Crippen LogP contribution in [0.1, 0.15) is 27.1 Å². The molecule has 1 atom stereocenters. The van der Waals surface area contributed by atoms with Crippen molar-refractivity contribution in [2.24, 2.45) is 0 Å². The molecule has 0 unspecified atom stereocenters. The first-order valence-electron chi connectivity index (χ1n) is 8.67. The van der Waals surface area contributed by atoms with E-state index in [9.17, 15) is 14.4 Å². The van der Waals surface area contributed by atoms with Gasteiger partial charge in [0.05, 0.1) is 11.1 Å². The number of esters is 1. The Morgan fingerprint density at radius 1 is 1.11 bits per heavy atom. The molecular formula is C20H17NO6S. The summed E-state index contributed by atoms with van der Waals surface area (Å²) in [6, 6.07) is 10.3. The van der Waals surface area contributed by atoms with Crippen molar-refractivity contribution >= 4 is 29.5 Å². The highest BCUT2D eigenvalue weighted by Gasteiger charge is 2.43. The Bertz CT molecular complexity index is 924. The van der Waals surface area contributed by atoms with E-state index in [0.29, 0.717) is 34.8 Å². The summed E-state index contributed by atoms with van der Waals surface area (Å²) < 4.78 is 16.0. The average Bonchev–Trinajstić information content (AvgIpc) is 3.26. The van der Waals surface area contributed by atoms with Crippen LogP contribution in [-0.4, -0.2) is 47.5 Å². The van der Waals surface area contributed by atoms with Gasteiger partial charge in [-0.25, -0.2) is 4.79 Å². The number of thioether (sulfide) groups is 1. The van der Waals surface area contributed by atoms with Crippen LogP contribution < -0.4 is 14.2 Å². The molecule has 0 bridgehead atoms. The largest absolute Gasteiger partial charge is 0.454 e. The van der Waals surface area contributed by atoms with E-state index < -0.39 is 23.8 Å². The van der Waals surface area contributed by atoms with Crippen LogP contribution in [0.5, 0.6) is 17.2 Å². The van der Waals surface area contributed by atoms with Gasteiger partial charge in [-0.2, -0.15) is 11.8 Å². The summed E-state index contributed by atoms with van der Waals surface area (Å²) >= 11 is 1.52. The van der Waals surface area contributed by atoms with Gasteiger partial charge < -0.3 is 14.2 Å². The fraction of sp³-hybridized carbons (Fsp3) is 0.250. The molecular weight excluding hydrogens is 382 g/mol. The number of ether oxygens (including phenoxy) is 3. The second-order valence-electron chi connectivity index (χ2n) is 6.26. The third-order valence-electron chi connectivity index (χ3n) is 4.57. The Labute approximate surface area is 165 Å². The lowest BCUT2D eigenvalue weighted by molar-refractivity contribution is -0.138. The summed E-state index contributed by atoms with van der Waals surface area (Å²) in [5.74, 6) is 0.283. The molecule has 0 aliphatic carbocycles. The number of carbonyl (C=O) groups is 3. The summed E-state index contributed by atoms with van der Waals surface area (Å²) in [6.45, 7) is 0.109. The van der Waals surface area contributed by atoms with Crippen molar-refractivity contribution in [3.05, 3.63) is 53.6 Å². The van der Waals surface area contributed by atoms with Gasteiger partial charge in [-0.05, 0) is 42.7 Å². The van der Waals surface area contributed by atoms with E-state index in [-0.39, 0.29) is 12.5 Å². The molecule has 7 nitrogen and oxygen atoms in total. The van der Waals surface area contributed by atoms with Crippen molar-refractivity contribution in [3.63, 3.8) is 0 Å².